The Morgan fingerprint density at radius 2 is 1.80 bits per heavy atom. The number of benzene rings is 1. The number of imide groups is 1. The lowest BCUT2D eigenvalue weighted by molar-refractivity contribution is -0.149. The zero-order valence-electron chi connectivity index (χ0n) is 14.7. The first-order chi connectivity index (χ1) is 12.0. The summed E-state index contributed by atoms with van der Waals surface area (Å²) in [6.45, 7) is 5.42. The molecule has 0 spiro atoms. The Morgan fingerprint density at radius 1 is 1.16 bits per heavy atom. The second kappa shape index (κ2) is 7.35. The van der Waals surface area contributed by atoms with Gasteiger partial charge in [0.25, 0.3) is 5.91 Å². The summed E-state index contributed by atoms with van der Waals surface area (Å²) in [6, 6.07) is 6.99. The van der Waals surface area contributed by atoms with E-state index in [-0.39, 0.29) is 30.1 Å². The fourth-order valence-corrected chi connectivity index (χ4v) is 3.57. The largest absolute Gasteiger partial charge is 0.466 e. The number of amides is 2. The predicted molar refractivity (Wildman–Crippen MR) is 93.0 cm³/mol. The van der Waals surface area contributed by atoms with Crippen LogP contribution >= 0.6 is 0 Å². The van der Waals surface area contributed by atoms with Crippen LogP contribution in [0.5, 0.6) is 0 Å². The van der Waals surface area contributed by atoms with E-state index in [1.165, 1.54) is 4.90 Å². The number of carbonyl (C=O) groups is 3. The van der Waals surface area contributed by atoms with E-state index in [1.54, 1.807) is 19.1 Å². The van der Waals surface area contributed by atoms with Gasteiger partial charge >= 0.3 is 5.97 Å². The number of carbonyl (C=O) groups excluding carboxylic acids is 3. The molecule has 25 heavy (non-hydrogen) atoms. The van der Waals surface area contributed by atoms with Gasteiger partial charge in [0, 0.05) is 0 Å². The normalized spacial score (nSPS) is 22.5. The van der Waals surface area contributed by atoms with Crippen molar-refractivity contribution in [1.29, 1.82) is 0 Å². The molecule has 1 aromatic carbocycles. The SMILES string of the molecule is CCOC(=O)C1CCN([C@H]2CC(=O)N(c3ccc(C)cc3)C2=O)CC1. The molecule has 2 aliphatic heterocycles. The van der Waals surface area contributed by atoms with Crippen LogP contribution in [0.1, 0.15) is 31.7 Å². The van der Waals surface area contributed by atoms with Crippen molar-refractivity contribution in [3.63, 3.8) is 0 Å². The number of esters is 1. The number of aryl methyl sites for hydroxylation is 1. The Balaban J connectivity index is 1.65. The average molecular weight is 344 g/mol. The van der Waals surface area contributed by atoms with Gasteiger partial charge in [0.1, 0.15) is 0 Å². The van der Waals surface area contributed by atoms with Gasteiger partial charge in [-0.3, -0.25) is 19.3 Å². The lowest BCUT2D eigenvalue weighted by Crippen LogP contribution is -2.47. The van der Waals surface area contributed by atoms with E-state index in [0.717, 1.165) is 5.56 Å². The number of hydrogen-bond acceptors (Lipinski definition) is 5. The minimum Gasteiger partial charge on any atom is -0.466 e. The Hall–Kier alpha value is -2.21. The van der Waals surface area contributed by atoms with Crippen LogP contribution < -0.4 is 4.90 Å². The first-order valence-electron chi connectivity index (χ1n) is 8.85. The molecule has 0 radical (unpaired) electrons. The Labute approximate surface area is 147 Å². The third-order valence-corrected chi connectivity index (χ3v) is 5.01. The molecule has 6 heteroatoms. The van der Waals surface area contributed by atoms with Gasteiger partial charge in [-0.2, -0.15) is 0 Å². The maximum absolute atomic E-state index is 12.8. The summed E-state index contributed by atoms with van der Waals surface area (Å²) in [6.07, 6.45) is 1.54. The molecule has 2 fully saturated rings. The van der Waals surface area contributed by atoms with Crippen molar-refractivity contribution in [1.82, 2.24) is 4.90 Å². The molecule has 2 saturated heterocycles. The van der Waals surface area contributed by atoms with Gasteiger partial charge in [0.15, 0.2) is 0 Å². The summed E-state index contributed by atoms with van der Waals surface area (Å²) >= 11 is 0. The van der Waals surface area contributed by atoms with Gasteiger partial charge in [-0.1, -0.05) is 17.7 Å². The van der Waals surface area contributed by atoms with Crippen molar-refractivity contribution in [3.8, 4) is 0 Å². The first-order valence-corrected chi connectivity index (χ1v) is 8.85. The molecule has 0 unspecified atom stereocenters. The second-order valence-electron chi connectivity index (χ2n) is 6.69. The Morgan fingerprint density at radius 3 is 2.40 bits per heavy atom. The quantitative estimate of drug-likeness (QED) is 0.616. The van der Waals surface area contributed by atoms with Crippen LogP contribution in [0.4, 0.5) is 5.69 Å². The summed E-state index contributed by atoms with van der Waals surface area (Å²) in [4.78, 5) is 40.3. The van der Waals surface area contributed by atoms with Crippen LogP contribution in [0.2, 0.25) is 0 Å². The van der Waals surface area contributed by atoms with E-state index in [1.807, 2.05) is 24.0 Å². The van der Waals surface area contributed by atoms with E-state index < -0.39 is 6.04 Å². The molecule has 0 N–H and O–H groups in total. The summed E-state index contributed by atoms with van der Waals surface area (Å²) in [5, 5.41) is 0. The minimum absolute atomic E-state index is 0.100. The van der Waals surface area contributed by atoms with Crippen LogP contribution in [0.15, 0.2) is 24.3 Å². The third kappa shape index (κ3) is 3.58. The molecule has 0 aliphatic carbocycles. The lowest BCUT2D eigenvalue weighted by atomic mass is 9.95. The summed E-state index contributed by atoms with van der Waals surface area (Å²) in [7, 11) is 0. The maximum Gasteiger partial charge on any atom is 0.309 e. The topological polar surface area (TPSA) is 66.9 Å². The molecule has 1 atom stereocenters. The summed E-state index contributed by atoms with van der Waals surface area (Å²) in [5.41, 5.74) is 1.71. The fourth-order valence-electron chi connectivity index (χ4n) is 3.57. The summed E-state index contributed by atoms with van der Waals surface area (Å²) < 4.78 is 5.08. The standard InChI is InChI=1S/C19H24N2O4/c1-3-25-19(24)14-8-10-20(11-9-14)16-12-17(22)21(18(16)23)15-6-4-13(2)5-7-15/h4-7,14,16H,3,8-12H2,1-2H3/t16-/m0/s1. The number of nitrogens with zero attached hydrogens (tertiary/aromatic N) is 2. The lowest BCUT2D eigenvalue weighted by Gasteiger charge is -2.33. The monoisotopic (exact) mass is 344 g/mol. The van der Waals surface area contributed by atoms with Crippen LogP contribution in [-0.2, 0) is 19.1 Å². The van der Waals surface area contributed by atoms with Crippen molar-refractivity contribution in [2.75, 3.05) is 24.6 Å². The number of likely N-dealkylation sites (tertiary alicyclic amines) is 1. The van der Waals surface area contributed by atoms with Crippen LogP contribution in [-0.4, -0.2) is 48.4 Å². The van der Waals surface area contributed by atoms with Gasteiger partial charge in [-0.25, -0.2) is 4.90 Å². The number of anilines is 1. The number of rotatable bonds is 4. The van der Waals surface area contributed by atoms with E-state index in [9.17, 15) is 14.4 Å². The number of hydrogen-bond donors (Lipinski definition) is 0. The zero-order valence-corrected chi connectivity index (χ0v) is 14.7. The predicted octanol–water partition coefficient (Wildman–Crippen LogP) is 1.90. The van der Waals surface area contributed by atoms with Crippen LogP contribution in [0, 0.1) is 12.8 Å². The molecule has 2 aliphatic rings. The smallest absolute Gasteiger partial charge is 0.309 e. The van der Waals surface area contributed by atoms with E-state index in [0.29, 0.717) is 38.2 Å². The highest BCUT2D eigenvalue weighted by Gasteiger charge is 2.43. The molecule has 2 amide bonds. The molecule has 0 bridgehead atoms. The van der Waals surface area contributed by atoms with Gasteiger partial charge in [-0.05, 0) is 51.9 Å². The highest BCUT2D eigenvalue weighted by molar-refractivity contribution is 6.22. The number of ether oxygens (including phenoxy) is 1. The van der Waals surface area contributed by atoms with Gasteiger partial charge in [0.05, 0.1) is 30.7 Å². The minimum atomic E-state index is -0.419. The van der Waals surface area contributed by atoms with Crippen LogP contribution in [0.3, 0.4) is 0 Å². The van der Waals surface area contributed by atoms with Crippen molar-refractivity contribution >= 4 is 23.5 Å². The molecule has 1 aromatic rings. The van der Waals surface area contributed by atoms with Crippen molar-refractivity contribution in [2.45, 2.75) is 39.2 Å². The van der Waals surface area contributed by atoms with Gasteiger partial charge < -0.3 is 4.74 Å². The Bertz CT molecular complexity index is 663. The second-order valence-corrected chi connectivity index (χ2v) is 6.69. The van der Waals surface area contributed by atoms with Crippen molar-refractivity contribution in [2.24, 2.45) is 5.92 Å². The Kier molecular flexibility index (Phi) is 5.18. The average Bonchev–Trinajstić information content (AvgIpc) is 2.91. The third-order valence-electron chi connectivity index (χ3n) is 5.01. The van der Waals surface area contributed by atoms with Crippen LogP contribution in [0.25, 0.3) is 0 Å². The molecular formula is C19H24N2O4. The molecule has 3 rings (SSSR count). The highest BCUT2D eigenvalue weighted by Crippen LogP contribution is 2.29. The van der Waals surface area contributed by atoms with E-state index >= 15 is 0 Å². The molecule has 0 aromatic heterocycles. The fraction of sp³-hybridized carbons (Fsp3) is 0.526. The van der Waals surface area contributed by atoms with E-state index in [2.05, 4.69) is 0 Å². The van der Waals surface area contributed by atoms with Crippen molar-refractivity contribution in [3.05, 3.63) is 29.8 Å². The molecule has 134 valence electrons. The van der Waals surface area contributed by atoms with Crippen molar-refractivity contribution < 1.29 is 19.1 Å². The molecule has 0 saturated carbocycles. The molecule has 6 nitrogen and oxygen atoms in total. The first kappa shape index (κ1) is 17.6. The highest BCUT2D eigenvalue weighted by atomic mass is 16.5. The molecule has 2 heterocycles. The maximum atomic E-state index is 12.8. The number of piperidine rings is 1. The summed E-state index contributed by atoms with van der Waals surface area (Å²) in [5.74, 6) is -0.580. The molecular weight excluding hydrogens is 320 g/mol. The van der Waals surface area contributed by atoms with E-state index in [4.69, 9.17) is 4.74 Å². The van der Waals surface area contributed by atoms with Gasteiger partial charge in [-0.15, -0.1) is 0 Å². The van der Waals surface area contributed by atoms with Gasteiger partial charge in [0.2, 0.25) is 5.91 Å². The zero-order chi connectivity index (χ0) is 18.0.